The molecule has 2 heterocycles. The predicted molar refractivity (Wildman–Crippen MR) is 294 cm³/mol. The molecule has 0 bridgehead atoms. The molecule has 0 aliphatic carbocycles. The molecule has 1 N–H and O–H groups in total. The topological polar surface area (TPSA) is 50.9 Å². The van der Waals surface area contributed by atoms with Crippen molar-refractivity contribution in [1.29, 1.82) is 0 Å². The van der Waals surface area contributed by atoms with Crippen molar-refractivity contribution < 1.29 is 31.7 Å². The van der Waals surface area contributed by atoms with Crippen LogP contribution in [0, 0.1) is 12.9 Å². The number of phenolic OH excluding ortho intramolecular Hbond substituents is 1. The summed E-state index contributed by atoms with van der Waals surface area (Å²) < 4.78 is 37.4. The van der Waals surface area contributed by atoms with Crippen LogP contribution in [-0.4, -0.2) is 19.6 Å². The SMILES string of the molecule is [2H]C([2H])([2H])c1cc(-c2ccccc2)c(-n2c(-c3cc(C(C)(C)C)cc(C(C)(C)C)c3O)nc3c(-c4[c-]c(-c5cc(-c6ccc(C([2H])(C)C)cc6)ccn5)cc(-c5ccccc5)c4)cccc32)cc1-c1ccccc1.[Pt]. The molecule has 0 fully saturated rings. The van der Waals surface area contributed by atoms with E-state index in [2.05, 4.69) is 119 Å². The first-order valence-corrected chi connectivity index (χ1v) is 24.0. The number of pyridine rings is 1. The quantitative estimate of drug-likeness (QED) is 0.147. The maximum atomic E-state index is 12.8. The van der Waals surface area contributed by atoms with E-state index in [-0.39, 0.29) is 37.8 Å². The van der Waals surface area contributed by atoms with Crippen LogP contribution in [0.25, 0.3) is 95.0 Å². The van der Waals surface area contributed by atoms with Gasteiger partial charge in [-0.05, 0) is 104 Å². The molecule has 0 aliphatic heterocycles. The van der Waals surface area contributed by atoms with E-state index in [1.807, 2.05) is 135 Å². The van der Waals surface area contributed by atoms with Gasteiger partial charge in [0.25, 0.3) is 0 Å². The Kier molecular flexibility index (Phi) is 12.1. The van der Waals surface area contributed by atoms with Crippen molar-refractivity contribution in [3.8, 4) is 89.7 Å². The molecule has 0 unspecified atom stereocenters. The molecule has 0 spiro atoms. The maximum absolute atomic E-state index is 12.8. The van der Waals surface area contributed by atoms with Gasteiger partial charge >= 0.3 is 0 Å². The van der Waals surface area contributed by atoms with E-state index in [1.165, 1.54) is 0 Å². The van der Waals surface area contributed by atoms with Gasteiger partial charge in [0.1, 0.15) is 11.6 Å². The molecular formula is C66H60N3OPt-. The van der Waals surface area contributed by atoms with E-state index in [9.17, 15) is 5.11 Å². The molecule has 71 heavy (non-hydrogen) atoms. The summed E-state index contributed by atoms with van der Waals surface area (Å²) in [6.07, 6.45) is 1.83. The van der Waals surface area contributed by atoms with Crippen LogP contribution in [0.3, 0.4) is 0 Å². The molecule has 4 nitrogen and oxygen atoms in total. The van der Waals surface area contributed by atoms with Gasteiger partial charge in [0, 0.05) is 49.6 Å². The summed E-state index contributed by atoms with van der Waals surface area (Å²) in [5.41, 5.74) is 15.0. The minimum absolute atomic E-state index is 0. The van der Waals surface area contributed by atoms with Gasteiger partial charge < -0.3 is 5.11 Å². The van der Waals surface area contributed by atoms with Crippen molar-refractivity contribution in [2.24, 2.45) is 0 Å². The minimum atomic E-state index is -2.45. The molecule has 0 amide bonds. The molecule has 10 aromatic rings. The Morgan fingerprint density at radius 2 is 1.18 bits per heavy atom. The van der Waals surface area contributed by atoms with E-state index in [1.54, 1.807) is 0 Å². The summed E-state index contributed by atoms with van der Waals surface area (Å²) in [6, 6.07) is 64.4. The van der Waals surface area contributed by atoms with E-state index < -0.39 is 18.2 Å². The Bertz CT molecular complexity index is 3700. The van der Waals surface area contributed by atoms with Gasteiger partial charge in [-0.3, -0.25) is 9.55 Å². The van der Waals surface area contributed by atoms with Crippen LogP contribution in [0.15, 0.2) is 188 Å². The van der Waals surface area contributed by atoms with Crippen molar-refractivity contribution in [3.63, 3.8) is 0 Å². The zero-order valence-corrected chi connectivity index (χ0v) is 43.8. The first-order valence-electron chi connectivity index (χ1n) is 26.0. The van der Waals surface area contributed by atoms with Crippen LogP contribution in [0.1, 0.15) is 89.0 Å². The normalized spacial score (nSPS) is 13.0. The van der Waals surface area contributed by atoms with E-state index in [4.69, 9.17) is 15.5 Å². The Balaban J connectivity index is 0.00000689. The Labute approximate surface area is 440 Å². The molecule has 0 saturated carbocycles. The summed E-state index contributed by atoms with van der Waals surface area (Å²) >= 11 is 0. The molecule has 8 aromatic carbocycles. The van der Waals surface area contributed by atoms with Crippen LogP contribution >= 0.6 is 0 Å². The zero-order chi connectivity index (χ0) is 52.3. The molecule has 5 heteroatoms. The van der Waals surface area contributed by atoms with Crippen LogP contribution in [0.5, 0.6) is 5.75 Å². The standard InChI is InChI=1S/C66H60N3O.Pt/c1-42(2)44-28-30-46(31-29-44)49-32-33-67-59(38-49)52-36-50(45-20-13-10-14-21-45)35-51(37-52)54-26-19-27-60-62(54)68-64(57-39-53(65(4,5)6)40-58(63(57)70)66(7,8)9)69(60)61-41-55(47-22-15-11-16-23-47)43(3)34-56(61)48-24-17-12-18-25-48;/h10-36,38-42,70H,1-9H3;/q-1;/i3D3,42D;. The largest absolute Gasteiger partial charge is 0.507 e. The summed E-state index contributed by atoms with van der Waals surface area (Å²) in [6.45, 7) is 14.2. The molecule has 356 valence electrons. The number of imidazole rings is 1. The zero-order valence-electron chi connectivity index (χ0n) is 45.5. The van der Waals surface area contributed by atoms with Crippen LogP contribution < -0.4 is 0 Å². The van der Waals surface area contributed by atoms with Gasteiger partial charge in [-0.15, -0.1) is 23.8 Å². The number of aromatic nitrogens is 3. The number of para-hydroxylation sites is 1. The number of hydrogen-bond donors (Lipinski definition) is 1. The molecule has 0 atom stereocenters. The van der Waals surface area contributed by atoms with Gasteiger partial charge in [-0.1, -0.05) is 212 Å². The monoisotopic (exact) mass is 1110 g/mol. The third kappa shape index (κ3) is 9.71. The molecule has 10 rings (SSSR count). The summed E-state index contributed by atoms with van der Waals surface area (Å²) in [5.74, 6) is -0.0691. The van der Waals surface area contributed by atoms with E-state index >= 15 is 0 Å². The molecule has 0 radical (unpaired) electrons. The number of aromatic hydroxyl groups is 1. The first-order chi connectivity index (χ1) is 35.1. The van der Waals surface area contributed by atoms with Crippen molar-refractivity contribution in [3.05, 3.63) is 217 Å². The summed E-state index contributed by atoms with van der Waals surface area (Å²) in [4.78, 5) is 10.6. The minimum Gasteiger partial charge on any atom is -0.507 e. The maximum Gasteiger partial charge on any atom is 0.148 e. The van der Waals surface area contributed by atoms with Gasteiger partial charge in [-0.2, -0.15) is 0 Å². The molecular weight excluding hydrogens is 1050 g/mol. The van der Waals surface area contributed by atoms with Crippen LogP contribution in [-0.2, 0) is 31.9 Å². The fourth-order valence-corrected chi connectivity index (χ4v) is 9.43. The number of phenols is 1. The number of benzene rings is 8. The van der Waals surface area contributed by atoms with Crippen molar-refractivity contribution >= 4 is 11.0 Å². The smallest absolute Gasteiger partial charge is 0.148 e. The predicted octanol–water partition coefficient (Wildman–Crippen LogP) is 17.6. The van der Waals surface area contributed by atoms with Gasteiger partial charge in [0.15, 0.2) is 0 Å². The van der Waals surface area contributed by atoms with Gasteiger partial charge in [-0.25, -0.2) is 4.98 Å². The van der Waals surface area contributed by atoms with Crippen molar-refractivity contribution in [1.82, 2.24) is 14.5 Å². The third-order valence-corrected chi connectivity index (χ3v) is 13.4. The fraction of sp³-hybridized carbons (Fsp3) is 0.182. The Hall–Kier alpha value is -7.13. The van der Waals surface area contributed by atoms with E-state index in [0.29, 0.717) is 33.7 Å². The third-order valence-electron chi connectivity index (χ3n) is 13.4. The second-order valence-corrected chi connectivity index (χ2v) is 20.6. The Morgan fingerprint density at radius 3 is 1.80 bits per heavy atom. The van der Waals surface area contributed by atoms with Crippen LogP contribution in [0.4, 0.5) is 0 Å². The van der Waals surface area contributed by atoms with Crippen molar-refractivity contribution in [2.75, 3.05) is 0 Å². The summed E-state index contributed by atoms with van der Waals surface area (Å²) in [7, 11) is 0. The van der Waals surface area contributed by atoms with Crippen molar-refractivity contribution in [2.45, 2.75) is 79.0 Å². The molecule has 2 aromatic heterocycles. The average Bonchev–Trinajstić information content (AvgIpc) is 3.79. The average molecular weight is 1110 g/mol. The van der Waals surface area contributed by atoms with Gasteiger partial charge in [0.2, 0.25) is 0 Å². The second-order valence-electron chi connectivity index (χ2n) is 20.6. The fourth-order valence-electron chi connectivity index (χ4n) is 9.43. The first kappa shape index (κ1) is 43.9. The molecule has 0 saturated heterocycles. The van der Waals surface area contributed by atoms with Gasteiger partial charge in [0.05, 0.1) is 22.3 Å². The Morgan fingerprint density at radius 1 is 0.563 bits per heavy atom. The summed E-state index contributed by atoms with van der Waals surface area (Å²) in [5, 5.41) is 12.8. The van der Waals surface area contributed by atoms with Crippen LogP contribution in [0.2, 0.25) is 0 Å². The van der Waals surface area contributed by atoms with E-state index in [0.717, 1.165) is 78.0 Å². The number of hydrogen-bond acceptors (Lipinski definition) is 3. The number of aryl methyl sites for hydroxylation is 1. The second kappa shape index (κ2) is 19.6. The number of rotatable bonds is 9. The number of fused-ring (bicyclic) bond motifs is 1. The number of nitrogens with zero attached hydrogens (tertiary/aromatic N) is 3. The molecule has 0 aliphatic rings.